The number of fused-ring (bicyclic) bond motifs is 2. The highest BCUT2D eigenvalue weighted by Crippen LogP contribution is 2.35. The Bertz CT molecular complexity index is 1270. The van der Waals surface area contributed by atoms with E-state index in [1.165, 1.54) is 4.68 Å². The monoisotopic (exact) mass is 493 g/mol. The number of hydrogen-bond donors (Lipinski definition) is 0. The molecule has 0 aliphatic heterocycles. The van der Waals surface area contributed by atoms with Gasteiger partial charge in [-0.15, -0.1) is 0 Å². The number of ether oxygens (including phenoxy) is 2. The minimum absolute atomic E-state index is 0.0560. The molecule has 3 aromatic rings. The number of benzene rings is 1. The Morgan fingerprint density at radius 2 is 1.97 bits per heavy atom. The Balaban J connectivity index is 1.37. The Labute approximate surface area is 211 Å². The summed E-state index contributed by atoms with van der Waals surface area (Å²) in [6, 6.07) is 6.17. The van der Waals surface area contributed by atoms with Gasteiger partial charge in [-0.25, -0.2) is 4.79 Å². The lowest BCUT2D eigenvalue weighted by Crippen LogP contribution is -2.44. The summed E-state index contributed by atoms with van der Waals surface area (Å²) in [5.41, 5.74) is 2.98. The molecule has 2 aliphatic carbocycles. The summed E-state index contributed by atoms with van der Waals surface area (Å²) in [7, 11) is 0. The molecule has 9 heteroatoms. The quantitative estimate of drug-likeness (QED) is 0.458. The highest BCUT2D eigenvalue weighted by molar-refractivity contribution is 6.06. The van der Waals surface area contributed by atoms with Gasteiger partial charge in [0.15, 0.2) is 0 Å². The fraction of sp³-hybridized carbons (Fsp3) is 0.556. The molecule has 1 aromatic carbocycles. The van der Waals surface area contributed by atoms with Crippen LogP contribution in [0.4, 0.5) is 4.79 Å². The van der Waals surface area contributed by atoms with E-state index in [1.807, 2.05) is 50.6 Å². The van der Waals surface area contributed by atoms with E-state index >= 15 is 0 Å². The maximum atomic E-state index is 14.0. The van der Waals surface area contributed by atoms with Crippen molar-refractivity contribution in [1.29, 1.82) is 0 Å². The van der Waals surface area contributed by atoms with Gasteiger partial charge in [0.25, 0.3) is 5.91 Å². The van der Waals surface area contributed by atoms with Crippen molar-refractivity contribution in [2.24, 2.45) is 0 Å². The molecule has 1 amide bonds. The van der Waals surface area contributed by atoms with Gasteiger partial charge in [-0.3, -0.25) is 9.48 Å². The molecule has 1 unspecified atom stereocenters. The lowest BCUT2D eigenvalue weighted by molar-refractivity contribution is 0.0513. The first-order chi connectivity index (χ1) is 17.2. The van der Waals surface area contributed by atoms with Gasteiger partial charge >= 0.3 is 6.09 Å². The first-order valence-electron chi connectivity index (χ1n) is 12.9. The van der Waals surface area contributed by atoms with Crippen LogP contribution in [0.5, 0.6) is 0 Å². The van der Waals surface area contributed by atoms with Crippen molar-refractivity contribution in [2.45, 2.75) is 84.0 Å². The molecule has 0 saturated heterocycles. The second-order valence-electron chi connectivity index (χ2n) is 10.7. The summed E-state index contributed by atoms with van der Waals surface area (Å²) in [6.45, 7) is 9.39. The highest BCUT2D eigenvalue weighted by atomic mass is 16.6. The zero-order valence-corrected chi connectivity index (χ0v) is 21.6. The van der Waals surface area contributed by atoms with E-state index in [4.69, 9.17) is 9.47 Å². The van der Waals surface area contributed by atoms with Gasteiger partial charge in [0.1, 0.15) is 5.60 Å². The molecule has 0 radical (unpaired) electrons. The lowest BCUT2D eigenvalue weighted by Gasteiger charge is -2.34. The zero-order valence-electron chi connectivity index (χ0n) is 21.6. The Morgan fingerprint density at radius 3 is 2.69 bits per heavy atom. The van der Waals surface area contributed by atoms with Crippen molar-refractivity contribution in [1.82, 2.24) is 24.5 Å². The second kappa shape index (κ2) is 9.69. The third-order valence-corrected chi connectivity index (χ3v) is 6.77. The van der Waals surface area contributed by atoms with Crippen LogP contribution in [0.3, 0.4) is 0 Å². The van der Waals surface area contributed by atoms with Crippen LogP contribution in [-0.4, -0.2) is 67.4 Å². The molecule has 0 spiro atoms. The van der Waals surface area contributed by atoms with Crippen molar-refractivity contribution >= 4 is 22.9 Å². The first kappa shape index (κ1) is 24.5. The van der Waals surface area contributed by atoms with Crippen LogP contribution in [0.15, 0.2) is 30.6 Å². The summed E-state index contributed by atoms with van der Waals surface area (Å²) >= 11 is 0. The predicted molar refractivity (Wildman–Crippen MR) is 135 cm³/mol. The lowest BCUT2D eigenvalue weighted by atomic mass is 9.91. The van der Waals surface area contributed by atoms with E-state index in [0.29, 0.717) is 31.7 Å². The van der Waals surface area contributed by atoms with Crippen LogP contribution in [0.1, 0.15) is 68.6 Å². The van der Waals surface area contributed by atoms with Crippen LogP contribution in [0.25, 0.3) is 10.9 Å². The summed E-state index contributed by atoms with van der Waals surface area (Å²) in [5.74, 6) is 0.0560. The second-order valence-corrected chi connectivity index (χ2v) is 10.7. The average molecular weight is 494 g/mol. The first-order valence-corrected chi connectivity index (χ1v) is 12.9. The number of aryl methyl sites for hydroxylation is 1. The largest absolute Gasteiger partial charge is 0.442 e. The van der Waals surface area contributed by atoms with E-state index < -0.39 is 11.7 Å². The Hall–Kier alpha value is -3.20. The zero-order chi connectivity index (χ0) is 25.4. The molecular formula is C27H35N5O4. The summed E-state index contributed by atoms with van der Waals surface area (Å²) in [6.07, 6.45) is 7.38. The number of rotatable bonds is 7. The van der Waals surface area contributed by atoms with Crippen molar-refractivity contribution in [3.05, 3.63) is 47.4 Å². The summed E-state index contributed by atoms with van der Waals surface area (Å²) < 4.78 is 14.2. The average Bonchev–Trinajstić information content (AvgIpc) is 3.42. The predicted octanol–water partition coefficient (Wildman–Crippen LogP) is 4.21. The molecule has 1 fully saturated rings. The van der Waals surface area contributed by atoms with E-state index in [0.717, 1.165) is 47.8 Å². The van der Waals surface area contributed by atoms with Crippen LogP contribution in [0, 0.1) is 0 Å². The standard InChI is InChI=1S/C27H35N5O4/c1-5-35-14-13-30-24-8-6-7-21(22(24)16-28-30)25(33)32(19-9-10-19)20-11-12-23-18(15-20)17-31(29-23)26(34)36-27(2,3)4/h6-8,16-17,19-20H,5,9-15H2,1-4H3. The molecule has 1 saturated carbocycles. The molecule has 192 valence electrons. The van der Waals surface area contributed by atoms with Crippen LogP contribution in [0.2, 0.25) is 0 Å². The third-order valence-electron chi connectivity index (χ3n) is 6.77. The van der Waals surface area contributed by atoms with Crippen molar-refractivity contribution in [2.75, 3.05) is 13.2 Å². The van der Waals surface area contributed by atoms with Gasteiger partial charge in [0, 0.05) is 30.3 Å². The number of carbonyl (C=O) groups excluding carboxylic acids is 2. The van der Waals surface area contributed by atoms with E-state index in [2.05, 4.69) is 15.1 Å². The molecule has 9 nitrogen and oxygen atoms in total. The Kier molecular flexibility index (Phi) is 6.59. The maximum Gasteiger partial charge on any atom is 0.435 e. The third kappa shape index (κ3) is 5.02. The number of nitrogens with zero attached hydrogens (tertiary/aromatic N) is 5. The van der Waals surface area contributed by atoms with Gasteiger partial charge in [0.2, 0.25) is 0 Å². The van der Waals surface area contributed by atoms with Gasteiger partial charge in [0.05, 0.1) is 36.1 Å². The molecule has 2 aliphatic rings. The van der Waals surface area contributed by atoms with Gasteiger partial charge in [-0.05, 0) is 77.5 Å². The number of aromatic nitrogens is 4. The molecule has 0 N–H and O–H groups in total. The number of hydrogen-bond acceptors (Lipinski definition) is 6. The fourth-order valence-electron chi connectivity index (χ4n) is 5.01. The maximum absolute atomic E-state index is 14.0. The molecule has 0 bridgehead atoms. The number of amides is 1. The SMILES string of the molecule is CCOCCn1ncc2c(C(=O)N(C3CC3)C3CCc4nn(C(=O)OC(C)(C)C)cc4C3)cccc21. The van der Waals surface area contributed by atoms with Crippen LogP contribution < -0.4 is 0 Å². The van der Waals surface area contributed by atoms with Gasteiger partial charge < -0.3 is 14.4 Å². The minimum atomic E-state index is -0.584. The molecule has 2 aromatic heterocycles. The fourth-order valence-corrected chi connectivity index (χ4v) is 5.01. The molecule has 1 atom stereocenters. The normalized spacial score (nSPS) is 17.7. The van der Waals surface area contributed by atoms with E-state index in [-0.39, 0.29) is 18.0 Å². The molecule has 5 rings (SSSR count). The van der Waals surface area contributed by atoms with Crippen molar-refractivity contribution in [3.8, 4) is 0 Å². The van der Waals surface area contributed by atoms with E-state index in [9.17, 15) is 9.59 Å². The van der Waals surface area contributed by atoms with Gasteiger partial charge in [-0.1, -0.05) is 6.07 Å². The molecular weight excluding hydrogens is 458 g/mol. The molecule has 2 heterocycles. The van der Waals surface area contributed by atoms with Crippen molar-refractivity contribution < 1.29 is 19.1 Å². The molecule has 36 heavy (non-hydrogen) atoms. The number of carbonyl (C=O) groups is 2. The minimum Gasteiger partial charge on any atom is -0.442 e. The smallest absolute Gasteiger partial charge is 0.435 e. The van der Waals surface area contributed by atoms with Gasteiger partial charge in [-0.2, -0.15) is 14.9 Å². The summed E-state index contributed by atoms with van der Waals surface area (Å²) in [5, 5.41) is 9.89. The van der Waals surface area contributed by atoms with Crippen molar-refractivity contribution in [3.63, 3.8) is 0 Å². The van der Waals surface area contributed by atoms with E-state index in [1.54, 1.807) is 12.4 Å². The highest BCUT2D eigenvalue weighted by Gasteiger charge is 2.40. The summed E-state index contributed by atoms with van der Waals surface area (Å²) in [4.78, 5) is 28.6. The topological polar surface area (TPSA) is 91.5 Å². The van der Waals surface area contributed by atoms with Crippen LogP contribution >= 0.6 is 0 Å². The van der Waals surface area contributed by atoms with Crippen LogP contribution in [-0.2, 0) is 28.9 Å². The Morgan fingerprint density at radius 1 is 1.17 bits per heavy atom.